The number of phosphoric acid groups is 1. The number of aryl methyl sites for hydroxylation is 1. The van der Waals surface area contributed by atoms with Gasteiger partial charge in [-0.2, -0.15) is 0 Å². The van der Waals surface area contributed by atoms with Crippen LogP contribution in [0.2, 0.25) is 0 Å². The van der Waals surface area contributed by atoms with Gasteiger partial charge in [0.2, 0.25) is 0 Å². The summed E-state index contributed by atoms with van der Waals surface area (Å²) in [4.78, 5) is 32.7. The predicted molar refractivity (Wildman–Crippen MR) is 127 cm³/mol. The number of halogens is 2. The zero-order valence-corrected chi connectivity index (χ0v) is 27.2. The second-order valence-corrected chi connectivity index (χ2v) is 11.7. The molecule has 0 bridgehead atoms. The van der Waals surface area contributed by atoms with Crippen molar-refractivity contribution in [1.29, 1.82) is 0 Å². The molecule has 3 aliphatic carbocycles. The molecule has 4 rings (SSSR count). The number of carbonyl (C=O) groups is 1. The molecule has 0 radical (unpaired) electrons. The second-order valence-electron chi connectivity index (χ2n) is 9.72. The predicted octanol–water partition coefficient (Wildman–Crippen LogP) is -0.693. The van der Waals surface area contributed by atoms with E-state index < -0.39 is 20.0 Å². The third-order valence-corrected chi connectivity index (χ3v) is 8.91. The molecule has 3 aliphatic rings. The van der Waals surface area contributed by atoms with Gasteiger partial charge < -0.3 is 19.4 Å². The van der Waals surface area contributed by atoms with Gasteiger partial charge in [-0.1, -0.05) is 13.0 Å². The van der Waals surface area contributed by atoms with Gasteiger partial charge in [-0.25, -0.2) is 9.36 Å². The summed E-state index contributed by atoms with van der Waals surface area (Å²) in [6, 6.07) is 5.93. The first-order valence-corrected chi connectivity index (χ1v) is 14.2. The van der Waals surface area contributed by atoms with Crippen molar-refractivity contribution in [3.8, 4) is 5.75 Å². The summed E-state index contributed by atoms with van der Waals surface area (Å²) < 4.78 is 22.3. The van der Waals surface area contributed by atoms with E-state index >= 15 is 0 Å². The van der Waals surface area contributed by atoms with E-state index in [0.717, 1.165) is 32.1 Å². The topological polar surface area (TPSA) is 96.3 Å². The van der Waals surface area contributed by atoms with E-state index in [0.29, 0.717) is 54.8 Å². The number of hydrogen-bond acceptors (Lipinski definition) is 4. The number of fused-ring (bicyclic) bond motifs is 5. The minimum Gasteiger partial charge on any atom is -0.410 e. The molecular formula is C23H32Cl2NNa2O6P+2. The van der Waals surface area contributed by atoms with Crippen molar-refractivity contribution in [3.63, 3.8) is 0 Å². The largest absolute Gasteiger partial charge is 1.00 e. The smallest absolute Gasteiger partial charge is 0.410 e. The molecule has 0 heterocycles. The van der Waals surface area contributed by atoms with Crippen molar-refractivity contribution in [1.82, 2.24) is 4.90 Å². The molecule has 2 fully saturated rings. The van der Waals surface area contributed by atoms with E-state index in [1.165, 1.54) is 16.0 Å². The SMILES string of the molecule is C[C@]12CC[C@@H]3c4ccc(OC(=O)N(CCCl)CCCl)cc4CC[C@H]3[C@@H]1CC[C@@H]2OP(=O)(O)O.[Na+].[Na+]. The van der Waals surface area contributed by atoms with E-state index in [9.17, 15) is 19.1 Å². The van der Waals surface area contributed by atoms with Gasteiger partial charge >= 0.3 is 73.0 Å². The van der Waals surface area contributed by atoms with Crippen LogP contribution in [0, 0.1) is 17.3 Å². The second kappa shape index (κ2) is 13.5. The van der Waals surface area contributed by atoms with E-state index in [4.69, 9.17) is 32.5 Å². The maximum atomic E-state index is 12.5. The van der Waals surface area contributed by atoms with Crippen LogP contribution in [0.4, 0.5) is 4.79 Å². The summed E-state index contributed by atoms with van der Waals surface area (Å²) in [5.74, 6) is 2.44. The Balaban J connectivity index is 0.00000216. The zero-order valence-electron chi connectivity index (χ0n) is 20.8. The van der Waals surface area contributed by atoms with Gasteiger partial charge in [-0.05, 0) is 85.0 Å². The van der Waals surface area contributed by atoms with E-state index in [-0.39, 0.29) is 64.5 Å². The average Bonchev–Trinajstić information content (AvgIpc) is 3.08. The number of nitrogens with zero attached hydrogens (tertiary/aromatic N) is 1. The van der Waals surface area contributed by atoms with Gasteiger partial charge in [-0.3, -0.25) is 4.52 Å². The van der Waals surface area contributed by atoms with Crippen LogP contribution in [-0.2, 0) is 15.5 Å². The van der Waals surface area contributed by atoms with Crippen LogP contribution in [0.25, 0.3) is 0 Å². The molecule has 0 aromatic heterocycles. The Morgan fingerprint density at radius 2 is 1.83 bits per heavy atom. The normalized spacial score (nSPS) is 29.1. The Labute approximate surface area is 261 Å². The van der Waals surface area contributed by atoms with Gasteiger partial charge in [0.15, 0.2) is 0 Å². The number of hydrogen-bond donors (Lipinski definition) is 2. The van der Waals surface area contributed by atoms with Gasteiger partial charge in [-0.15, -0.1) is 23.2 Å². The monoisotopic (exact) mass is 565 g/mol. The number of rotatable bonds is 7. The number of alkyl halides is 2. The van der Waals surface area contributed by atoms with Crippen molar-refractivity contribution in [2.75, 3.05) is 24.8 Å². The van der Waals surface area contributed by atoms with Crippen molar-refractivity contribution in [3.05, 3.63) is 29.3 Å². The molecule has 1 aromatic carbocycles. The molecular weight excluding hydrogens is 534 g/mol. The number of amides is 1. The summed E-state index contributed by atoms with van der Waals surface area (Å²) in [5.41, 5.74) is 2.32. The Bertz CT molecular complexity index is 931. The number of ether oxygens (including phenoxy) is 1. The Morgan fingerprint density at radius 3 is 2.46 bits per heavy atom. The van der Waals surface area contributed by atoms with Crippen LogP contribution in [0.15, 0.2) is 18.2 Å². The molecule has 5 atom stereocenters. The van der Waals surface area contributed by atoms with Gasteiger partial charge in [0, 0.05) is 24.8 Å². The molecule has 12 heteroatoms. The molecule has 2 N–H and O–H groups in total. The van der Waals surface area contributed by atoms with Gasteiger partial charge in [0.05, 0.1) is 6.10 Å². The summed E-state index contributed by atoms with van der Waals surface area (Å²) in [5, 5.41) is 0. The fraction of sp³-hybridized carbons (Fsp3) is 0.696. The number of benzene rings is 1. The third-order valence-electron chi connectivity index (χ3n) is 8.05. The first-order chi connectivity index (χ1) is 15.7. The standard InChI is InChI=1S/C23H32Cl2NO6P.2Na/c1-23-9-8-18-17-5-3-16(31-22(27)26(12-10-24)13-11-25)14-15(17)2-4-19(18)20(23)6-7-21(23)32-33(28,29)30;;/h3,5,14,18-21H,2,4,6-13H2,1H3,(H2,28,29,30);;/q;2*+1/t18-,19-,20+,21+,23+;;/m1../s1. The average molecular weight is 566 g/mol. The zero-order chi connectivity index (χ0) is 23.8. The third kappa shape index (κ3) is 7.23. The van der Waals surface area contributed by atoms with Crippen LogP contribution in [-0.4, -0.2) is 51.7 Å². The van der Waals surface area contributed by atoms with Crippen LogP contribution >= 0.6 is 31.0 Å². The maximum absolute atomic E-state index is 12.5. The first-order valence-electron chi connectivity index (χ1n) is 11.6. The van der Waals surface area contributed by atoms with E-state index in [2.05, 4.69) is 13.0 Å². The molecule has 1 amide bonds. The van der Waals surface area contributed by atoms with Crippen LogP contribution < -0.4 is 63.9 Å². The molecule has 0 saturated heterocycles. The molecule has 1 aromatic rings. The summed E-state index contributed by atoms with van der Waals surface area (Å²) in [6.45, 7) is 2.91. The molecule has 0 aliphatic heterocycles. The molecule has 0 unspecified atom stereocenters. The van der Waals surface area contributed by atoms with Crippen LogP contribution in [0.3, 0.4) is 0 Å². The molecule has 0 spiro atoms. The van der Waals surface area contributed by atoms with E-state index in [1.807, 2.05) is 12.1 Å². The minimum atomic E-state index is -4.50. The molecule has 2 saturated carbocycles. The summed E-state index contributed by atoms with van der Waals surface area (Å²) in [6.07, 6.45) is 4.55. The van der Waals surface area contributed by atoms with E-state index in [1.54, 1.807) is 0 Å². The fourth-order valence-corrected chi connectivity index (χ4v) is 7.66. The number of phosphoric ester groups is 1. The first kappa shape index (κ1) is 32.4. The van der Waals surface area contributed by atoms with Gasteiger partial charge in [0.25, 0.3) is 0 Å². The minimum absolute atomic E-state index is 0. The van der Waals surface area contributed by atoms with Crippen LogP contribution in [0.5, 0.6) is 5.75 Å². The maximum Gasteiger partial charge on any atom is 1.00 e. The van der Waals surface area contributed by atoms with Crippen LogP contribution in [0.1, 0.15) is 56.1 Å². The summed E-state index contributed by atoms with van der Waals surface area (Å²) in [7, 11) is -4.50. The van der Waals surface area contributed by atoms with Crippen molar-refractivity contribution < 1.29 is 87.5 Å². The van der Waals surface area contributed by atoms with Gasteiger partial charge in [0.1, 0.15) is 5.75 Å². The van der Waals surface area contributed by atoms with Crippen molar-refractivity contribution in [2.24, 2.45) is 17.3 Å². The quantitative estimate of drug-likeness (QED) is 0.258. The summed E-state index contributed by atoms with van der Waals surface area (Å²) >= 11 is 11.6. The molecule has 35 heavy (non-hydrogen) atoms. The Kier molecular flexibility index (Phi) is 12.5. The number of carbonyl (C=O) groups excluding carboxylic acids is 1. The fourth-order valence-electron chi connectivity index (χ4n) is 6.58. The Hall–Kier alpha value is 1.18. The molecule has 184 valence electrons. The molecule has 7 nitrogen and oxygen atoms in total. The Morgan fingerprint density at radius 1 is 1.14 bits per heavy atom. The van der Waals surface area contributed by atoms with Crippen molar-refractivity contribution >= 4 is 37.1 Å². The van der Waals surface area contributed by atoms with Crippen molar-refractivity contribution in [2.45, 2.75) is 57.5 Å².